The van der Waals surface area contributed by atoms with Gasteiger partial charge in [-0.25, -0.2) is 0 Å². The molecule has 0 amide bonds. The molecule has 0 radical (unpaired) electrons. The van der Waals surface area contributed by atoms with Crippen molar-refractivity contribution < 1.29 is 0 Å². The molecule has 0 aliphatic heterocycles. The van der Waals surface area contributed by atoms with E-state index in [0.717, 1.165) is 21.2 Å². The van der Waals surface area contributed by atoms with Gasteiger partial charge in [0.1, 0.15) is 0 Å². The van der Waals surface area contributed by atoms with Crippen LogP contribution in [0.1, 0.15) is 31.2 Å². The number of hydrogen-bond donors (Lipinski definition) is 2. The van der Waals surface area contributed by atoms with E-state index in [1.165, 1.54) is 31.2 Å². The first-order valence-electron chi connectivity index (χ1n) is 6.59. The van der Waals surface area contributed by atoms with Gasteiger partial charge in [0.2, 0.25) is 0 Å². The largest absolute Gasteiger partial charge is 0.398 e. The van der Waals surface area contributed by atoms with Crippen LogP contribution in [-0.4, -0.2) is 23.2 Å². The van der Waals surface area contributed by atoms with E-state index < -0.39 is 0 Å². The fourth-order valence-electron chi connectivity index (χ4n) is 2.71. The summed E-state index contributed by atoms with van der Waals surface area (Å²) in [4.78, 5) is 2.41. The number of nitrogens with zero attached hydrogens (tertiary/aromatic N) is 1. The van der Waals surface area contributed by atoms with Gasteiger partial charge in [-0.3, -0.25) is 4.90 Å². The van der Waals surface area contributed by atoms with Crippen LogP contribution in [0.4, 0.5) is 5.69 Å². The van der Waals surface area contributed by atoms with E-state index in [0.29, 0.717) is 11.3 Å². The Kier molecular flexibility index (Phi) is 5.64. The van der Waals surface area contributed by atoms with E-state index in [4.69, 9.17) is 5.73 Å². The summed E-state index contributed by atoms with van der Waals surface area (Å²) < 4.78 is 2.02. The van der Waals surface area contributed by atoms with Crippen LogP contribution in [0.25, 0.3) is 0 Å². The number of benzene rings is 1. The first kappa shape index (κ1) is 15.7. The zero-order valence-electron chi connectivity index (χ0n) is 11.1. The molecule has 0 heterocycles. The van der Waals surface area contributed by atoms with Gasteiger partial charge in [-0.2, -0.15) is 12.6 Å². The SMILES string of the molecule is CN(Cc1cc(Br)cc(Br)c1N)[C@@H]1CCC[C@H](S)C1. The van der Waals surface area contributed by atoms with Crippen LogP contribution in [0.3, 0.4) is 0 Å². The summed E-state index contributed by atoms with van der Waals surface area (Å²) in [6.45, 7) is 0.884. The van der Waals surface area contributed by atoms with Crippen LogP contribution in [0, 0.1) is 0 Å². The van der Waals surface area contributed by atoms with Crippen LogP contribution in [0.5, 0.6) is 0 Å². The number of anilines is 1. The van der Waals surface area contributed by atoms with E-state index in [9.17, 15) is 0 Å². The summed E-state index contributed by atoms with van der Waals surface area (Å²) in [5.74, 6) is 0. The Morgan fingerprint density at radius 1 is 1.37 bits per heavy atom. The summed E-state index contributed by atoms with van der Waals surface area (Å²) in [7, 11) is 2.19. The standard InChI is InChI=1S/C14H20Br2N2S/c1-18(11-3-2-4-12(19)7-11)8-9-5-10(15)6-13(16)14(9)17/h5-6,11-12,19H,2-4,7-8,17H2,1H3/t11-,12+/m1/s1. The lowest BCUT2D eigenvalue weighted by atomic mass is 9.93. The minimum atomic E-state index is 0.549. The van der Waals surface area contributed by atoms with Crippen molar-refractivity contribution in [3.05, 3.63) is 26.6 Å². The third-order valence-electron chi connectivity index (χ3n) is 3.84. The molecule has 2 rings (SSSR count). The molecule has 0 saturated heterocycles. The molecule has 1 saturated carbocycles. The highest BCUT2D eigenvalue weighted by atomic mass is 79.9. The number of rotatable bonds is 3. The van der Waals surface area contributed by atoms with Gasteiger partial charge >= 0.3 is 0 Å². The minimum absolute atomic E-state index is 0.549. The fraction of sp³-hybridized carbons (Fsp3) is 0.571. The van der Waals surface area contributed by atoms with Gasteiger partial charge in [-0.05, 0) is 59.9 Å². The van der Waals surface area contributed by atoms with Crippen LogP contribution in [0.2, 0.25) is 0 Å². The molecule has 2 atom stereocenters. The van der Waals surface area contributed by atoms with Crippen LogP contribution in [-0.2, 0) is 6.54 Å². The lowest BCUT2D eigenvalue weighted by molar-refractivity contribution is 0.188. The molecule has 1 aliphatic carbocycles. The third kappa shape index (κ3) is 4.13. The van der Waals surface area contributed by atoms with Gasteiger partial charge in [-0.1, -0.05) is 22.4 Å². The summed E-state index contributed by atoms with van der Waals surface area (Å²) in [5, 5.41) is 0.549. The average Bonchev–Trinajstić information content (AvgIpc) is 2.35. The van der Waals surface area contributed by atoms with Crippen molar-refractivity contribution in [2.75, 3.05) is 12.8 Å². The lowest BCUT2D eigenvalue weighted by Gasteiger charge is -2.34. The second-order valence-corrected chi connectivity index (χ2v) is 7.85. The van der Waals surface area contributed by atoms with Crippen LogP contribution < -0.4 is 5.73 Å². The molecule has 1 aliphatic rings. The second-order valence-electron chi connectivity index (χ2n) is 5.35. The highest BCUT2D eigenvalue weighted by molar-refractivity contribution is 9.11. The molecule has 2 N–H and O–H groups in total. The van der Waals surface area contributed by atoms with E-state index >= 15 is 0 Å². The lowest BCUT2D eigenvalue weighted by Crippen LogP contribution is -2.36. The number of thiol groups is 1. The van der Waals surface area contributed by atoms with Crippen molar-refractivity contribution in [1.82, 2.24) is 4.90 Å². The highest BCUT2D eigenvalue weighted by Gasteiger charge is 2.23. The molecule has 19 heavy (non-hydrogen) atoms. The monoisotopic (exact) mass is 406 g/mol. The molecule has 106 valence electrons. The molecular weight excluding hydrogens is 388 g/mol. The maximum atomic E-state index is 6.15. The van der Waals surface area contributed by atoms with Crippen molar-refractivity contribution >= 4 is 50.2 Å². The molecule has 0 spiro atoms. The van der Waals surface area contributed by atoms with E-state index in [2.05, 4.69) is 62.5 Å². The number of nitrogen functional groups attached to an aromatic ring is 1. The fourth-order valence-corrected chi connectivity index (χ4v) is 4.45. The second kappa shape index (κ2) is 6.83. The van der Waals surface area contributed by atoms with Gasteiger partial charge in [-0.15, -0.1) is 0 Å². The van der Waals surface area contributed by atoms with Crippen molar-refractivity contribution in [3.63, 3.8) is 0 Å². The quantitative estimate of drug-likeness (QED) is 0.571. The van der Waals surface area contributed by atoms with Crippen molar-refractivity contribution in [2.24, 2.45) is 0 Å². The molecule has 1 aromatic rings. The Morgan fingerprint density at radius 2 is 2.11 bits per heavy atom. The van der Waals surface area contributed by atoms with Gasteiger partial charge in [0, 0.05) is 26.8 Å². The normalized spacial score (nSPS) is 23.8. The Hall–Kier alpha value is 0.290. The molecular formula is C14H20Br2N2S. The van der Waals surface area contributed by atoms with Crippen LogP contribution >= 0.6 is 44.5 Å². The molecule has 1 fully saturated rings. The maximum absolute atomic E-state index is 6.15. The summed E-state index contributed by atoms with van der Waals surface area (Å²) in [6.07, 6.45) is 4.97. The predicted octanol–water partition coefficient (Wildman–Crippen LogP) is 4.47. The van der Waals surface area contributed by atoms with Gasteiger partial charge < -0.3 is 5.73 Å². The van der Waals surface area contributed by atoms with Crippen molar-refractivity contribution in [2.45, 2.75) is 43.5 Å². The van der Waals surface area contributed by atoms with Crippen molar-refractivity contribution in [3.8, 4) is 0 Å². The Morgan fingerprint density at radius 3 is 2.79 bits per heavy atom. The zero-order chi connectivity index (χ0) is 14.0. The number of nitrogens with two attached hydrogens (primary N) is 1. The topological polar surface area (TPSA) is 29.3 Å². The smallest absolute Gasteiger partial charge is 0.0504 e. The highest BCUT2D eigenvalue weighted by Crippen LogP contribution is 2.31. The zero-order valence-corrected chi connectivity index (χ0v) is 15.1. The first-order chi connectivity index (χ1) is 8.97. The number of halogens is 2. The van der Waals surface area contributed by atoms with E-state index in [1.54, 1.807) is 0 Å². The summed E-state index contributed by atoms with van der Waals surface area (Å²) >= 11 is 11.7. The van der Waals surface area contributed by atoms with E-state index in [-0.39, 0.29) is 0 Å². The van der Waals surface area contributed by atoms with Gasteiger partial charge in [0.25, 0.3) is 0 Å². The predicted molar refractivity (Wildman–Crippen MR) is 92.8 cm³/mol. The third-order valence-corrected chi connectivity index (χ3v) is 5.42. The Bertz CT molecular complexity index is 453. The first-order valence-corrected chi connectivity index (χ1v) is 8.69. The molecule has 1 aromatic carbocycles. The molecule has 2 nitrogen and oxygen atoms in total. The Balaban J connectivity index is 2.08. The maximum Gasteiger partial charge on any atom is 0.0504 e. The van der Waals surface area contributed by atoms with E-state index in [1.807, 2.05) is 6.07 Å². The summed E-state index contributed by atoms with van der Waals surface area (Å²) in [6, 6.07) is 4.72. The average molecular weight is 408 g/mol. The van der Waals surface area contributed by atoms with Gasteiger partial charge in [0.15, 0.2) is 0 Å². The Labute approximate surface area is 137 Å². The van der Waals surface area contributed by atoms with Gasteiger partial charge in [0.05, 0.1) is 5.69 Å². The number of hydrogen-bond acceptors (Lipinski definition) is 3. The summed E-state index contributed by atoms with van der Waals surface area (Å²) in [5.41, 5.74) is 8.16. The van der Waals surface area contributed by atoms with Crippen LogP contribution in [0.15, 0.2) is 21.1 Å². The molecule has 0 bridgehead atoms. The molecule has 5 heteroatoms. The van der Waals surface area contributed by atoms with Crippen molar-refractivity contribution in [1.29, 1.82) is 0 Å². The minimum Gasteiger partial charge on any atom is -0.398 e. The molecule has 0 unspecified atom stereocenters. The molecule has 0 aromatic heterocycles.